The van der Waals surface area contributed by atoms with Crippen LogP contribution in [0.25, 0.3) is 10.8 Å². The molecule has 0 spiro atoms. The molecule has 0 saturated carbocycles. The number of fused-ring (bicyclic) bond motifs is 1. The zero-order valence-electron chi connectivity index (χ0n) is 16.9. The quantitative estimate of drug-likeness (QED) is 0.129. The first-order valence-electron chi connectivity index (χ1n) is 9.70. The van der Waals surface area contributed by atoms with E-state index in [1.54, 1.807) is 30.3 Å². The van der Waals surface area contributed by atoms with E-state index in [4.69, 9.17) is 27.9 Å². The number of carbonyl (C=O) groups excluding carboxylic acids is 2. The smallest absolute Gasteiger partial charge is 0.345 e. The van der Waals surface area contributed by atoms with Gasteiger partial charge < -0.3 is 4.74 Å². The summed E-state index contributed by atoms with van der Waals surface area (Å²) < 4.78 is 6.42. The molecule has 4 rings (SSSR count). The largest absolute Gasteiger partial charge is 0.422 e. The van der Waals surface area contributed by atoms with E-state index >= 15 is 0 Å². The van der Waals surface area contributed by atoms with Crippen LogP contribution in [0.15, 0.2) is 88.4 Å². The molecule has 0 aliphatic heterocycles. The number of rotatable bonds is 5. The minimum absolute atomic E-state index is 0.181. The Labute approximate surface area is 208 Å². The van der Waals surface area contributed by atoms with Gasteiger partial charge in [-0.3, -0.25) is 4.79 Å². The lowest BCUT2D eigenvalue weighted by atomic mass is 10.0. The summed E-state index contributed by atoms with van der Waals surface area (Å²) in [4.78, 5) is 25.2. The predicted molar refractivity (Wildman–Crippen MR) is 135 cm³/mol. The lowest BCUT2D eigenvalue weighted by molar-refractivity contribution is 0.0734. The highest BCUT2D eigenvalue weighted by Gasteiger charge is 2.16. The van der Waals surface area contributed by atoms with Gasteiger partial charge in [0, 0.05) is 20.6 Å². The molecule has 0 bridgehead atoms. The summed E-state index contributed by atoms with van der Waals surface area (Å²) >= 11 is 15.4. The van der Waals surface area contributed by atoms with Crippen molar-refractivity contribution in [3.63, 3.8) is 0 Å². The van der Waals surface area contributed by atoms with E-state index in [2.05, 4.69) is 26.5 Å². The van der Waals surface area contributed by atoms with Crippen LogP contribution < -0.4 is 10.2 Å². The van der Waals surface area contributed by atoms with Crippen molar-refractivity contribution in [1.82, 2.24) is 5.43 Å². The summed E-state index contributed by atoms with van der Waals surface area (Å²) in [6, 6.07) is 22.5. The molecule has 5 nitrogen and oxygen atoms in total. The maximum Gasteiger partial charge on any atom is 0.345 e. The molecule has 4 aromatic rings. The van der Waals surface area contributed by atoms with Gasteiger partial charge in [-0.15, -0.1) is 0 Å². The minimum Gasteiger partial charge on any atom is -0.422 e. The molecule has 0 unspecified atom stereocenters. The van der Waals surface area contributed by atoms with E-state index < -0.39 is 5.97 Å². The van der Waals surface area contributed by atoms with Gasteiger partial charge >= 0.3 is 5.97 Å². The number of hydrogen-bond donors (Lipinski definition) is 1. The highest BCUT2D eigenvalue weighted by molar-refractivity contribution is 9.10. The fourth-order valence-electron chi connectivity index (χ4n) is 3.16. The number of nitrogens with one attached hydrogen (secondary N) is 1. The number of hydrogen-bond acceptors (Lipinski definition) is 4. The number of amides is 1. The first-order valence-corrected chi connectivity index (χ1v) is 11.3. The van der Waals surface area contributed by atoms with Crippen LogP contribution in [-0.2, 0) is 0 Å². The number of carbonyl (C=O) groups is 2. The Morgan fingerprint density at radius 2 is 1.76 bits per heavy atom. The average Bonchev–Trinajstić information content (AvgIpc) is 2.80. The Balaban J connectivity index is 1.64. The fourth-order valence-corrected chi connectivity index (χ4v) is 4.04. The number of ether oxygens (including phenoxy) is 1. The van der Waals surface area contributed by atoms with Gasteiger partial charge in [0.1, 0.15) is 5.75 Å². The van der Waals surface area contributed by atoms with Crippen LogP contribution in [-0.4, -0.2) is 18.1 Å². The molecule has 1 N–H and O–H groups in total. The topological polar surface area (TPSA) is 67.8 Å². The van der Waals surface area contributed by atoms with Gasteiger partial charge in [-0.25, -0.2) is 10.2 Å². The molecule has 0 heterocycles. The SMILES string of the molecule is O=C(NN=Cc1c(OC(=O)c2ccc(Cl)cc2Cl)ccc2ccccc12)c1cccc(Br)c1. The summed E-state index contributed by atoms with van der Waals surface area (Å²) in [5.41, 5.74) is 3.66. The molecule has 33 heavy (non-hydrogen) atoms. The zero-order valence-corrected chi connectivity index (χ0v) is 20.0. The lowest BCUT2D eigenvalue weighted by Crippen LogP contribution is -2.17. The van der Waals surface area contributed by atoms with E-state index in [0.717, 1.165) is 15.2 Å². The number of esters is 1. The molecule has 0 aromatic heterocycles. The Bertz CT molecular complexity index is 1410. The molecule has 0 fully saturated rings. The Morgan fingerprint density at radius 1 is 0.939 bits per heavy atom. The third kappa shape index (κ3) is 5.42. The minimum atomic E-state index is -0.639. The van der Waals surface area contributed by atoms with Gasteiger partial charge in [-0.05, 0) is 53.2 Å². The van der Waals surface area contributed by atoms with Crippen LogP contribution in [0.4, 0.5) is 0 Å². The molecule has 0 atom stereocenters. The van der Waals surface area contributed by atoms with Gasteiger partial charge in [0.15, 0.2) is 0 Å². The molecular weight excluding hydrogens is 527 g/mol. The Kier molecular flexibility index (Phi) is 7.08. The van der Waals surface area contributed by atoms with Crippen LogP contribution in [0.2, 0.25) is 10.0 Å². The van der Waals surface area contributed by atoms with Crippen molar-refractivity contribution in [2.75, 3.05) is 0 Å². The lowest BCUT2D eigenvalue weighted by Gasteiger charge is -2.11. The third-order valence-corrected chi connectivity index (χ3v) is 5.77. The van der Waals surface area contributed by atoms with Crippen molar-refractivity contribution in [3.8, 4) is 5.75 Å². The van der Waals surface area contributed by atoms with E-state index in [1.165, 1.54) is 18.3 Å². The highest BCUT2D eigenvalue weighted by Crippen LogP contribution is 2.29. The van der Waals surface area contributed by atoms with Gasteiger partial charge in [-0.1, -0.05) is 75.5 Å². The molecule has 1 amide bonds. The predicted octanol–water partition coefficient (Wildman–Crippen LogP) is 6.89. The van der Waals surface area contributed by atoms with Crippen LogP contribution in [0.1, 0.15) is 26.3 Å². The summed E-state index contributed by atoms with van der Waals surface area (Å²) in [5, 5.41) is 6.41. The molecule has 8 heteroatoms. The Hall–Kier alpha value is -3.19. The molecule has 4 aromatic carbocycles. The molecule has 0 radical (unpaired) electrons. The van der Waals surface area contributed by atoms with Crippen molar-refractivity contribution in [1.29, 1.82) is 0 Å². The number of benzene rings is 4. The van der Waals surface area contributed by atoms with Crippen LogP contribution in [0.5, 0.6) is 5.75 Å². The van der Waals surface area contributed by atoms with E-state index in [0.29, 0.717) is 16.1 Å². The number of halogens is 3. The highest BCUT2D eigenvalue weighted by atomic mass is 79.9. The zero-order chi connectivity index (χ0) is 23.4. The second-order valence-electron chi connectivity index (χ2n) is 6.92. The number of nitrogens with zero attached hydrogens (tertiary/aromatic N) is 1. The second-order valence-corrected chi connectivity index (χ2v) is 8.68. The maximum atomic E-state index is 12.8. The van der Waals surface area contributed by atoms with Crippen LogP contribution in [0, 0.1) is 0 Å². The summed E-state index contributed by atoms with van der Waals surface area (Å²) in [6.45, 7) is 0. The standard InChI is InChI=1S/C25H15BrCl2N2O3/c26-17-6-3-5-16(12-17)24(31)30-29-14-21-19-7-2-1-4-15(19)8-11-23(21)33-25(32)20-10-9-18(27)13-22(20)28/h1-14H,(H,30,31). The van der Waals surface area contributed by atoms with Crippen molar-refractivity contribution in [2.24, 2.45) is 5.10 Å². The normalized spacial score (nSPS) is 11.0. The summed E-state index contributed by atoms with van der Waals surface area (Å²) in [5.74, 6) is -0.746. The number of hydrazone groups is 1. The molecular formula is C25H15BrCl2N2O3. The average molecular weight is 542 g/mol. The molecule has 0 saturated heterocycles. The second kappa shape index (κ2) is 10.2. The summed E-state index contributed by atoms with van der Waals surface area (Å²) in [6.07, 6.45) is 1.45. The van der Waals surface area contributed by atoms with Crippen LogP contribution in [0.3, 0.4) is 0 Å². The maximum absolute atomic E-state index is 12.8. The molecule has 164 valence electrons. The van der Waals surface area contributed by atoms with Gasteiger partial charge in [0.25, 0.3) is 5.91 Å². The van der Waals surface area contributed by atoms with Crippen LogP contribution >= 0.6 is 39.1 Å². The van der Waals surface area contributed by atoms with E-state index in [9.17, 15) is 9.59 Å². The summed E-state index contributed by atoms with van der Waals surface area (Å²) in [7, 11) is 0. The van der Waals surface area contributed by atoms with Crippen molar-refractivity contribution >= 4 is 68.0 Å². The van der Waals surface area contributed by atoms with Crippen molar-refractivity contribution in [3.05, 3.63) is 110 Å². The van der Waals surface area contributed by atoms with E-state index in [-0.39, 0.29) is 22.2 Å². The Morgan fingerprint density at radius 3 is 2.55 bits per heavy atom. The molecule has 0 aliphatic carbocycles. The van der Waals surface area contributed by atoms with Crippen molar-refractivity contribution < 1.29 is 14.3 Å². The van der Waals surface area contributed by atoms with E-state index in [1.807, 2.05) is 36.4 Å². The fraction of sp³-hybridized carbons (Fsp3) is 0. The first kappa shape index (κ1) is 23.0. The monoisotopic (exact) mass is 540 g/mol. The van der Waals surface area contributed by atoms with Gasteiger partial charge in [-0.2, -0.15) is 5.10 Å². The van der Waals surface area contributed by atoms with Gasteiger partial charge in [0.05, 0.1) is 16.8 Å². The molecule has 0 aliphatic rings. The van der Waals surface area contributed by atoms with Crippen molar-refractivity contribution in [2.45, 2.75) is 0 Å². The third-order valence-electron chi connectivity index (χ3n) is 4.73. The first-order chi connectivity index (χ1) is 15.9. The van der Waals surface area contributed by atoms with Gasteiger partial charge in [0.2, 0.25) is 0 Å².